The number of nitrogen functional groups attached to an aromatic ring is 1. The quantitative estimate of drug-likeness (QED) is 0.406. The van der Waals surface area contributed by atoms with Crippen molar-refractivity contribution in [2.45, 2.75) is 62.8 Å². The molecule has 3 aliphatic heterocycles. The van der Waals surface area contributed by atoms with E-state index in [1.807, 2.05) is 7.05 Å². The predicted octanol–water partition coefficient (Wildman–Crippen LogP) is 4.18. The minimum Gasteiger partial charge on any atom is -0.462 e. The maximum Gasteiger partial charge on any atom is 0.418 e. The van der Waals surface area contributed by atoms with Gasteiger partial charge in [-0.1, -0.05) is 0 Å². The zero-order valence-corrected chi connectivity index (χ0v) is 23.0. The molecule has 0 radical (unpaired) electrons. The zero-order chi connectivity index (χ0) is 30.0. The summed E-state index contributed by atoms with van der Waals surface area (Å²) in [6.07, 6.45) is -3.75. The molecule has 0 spiro atoms. The number of nitrogens with two attached hydrogens (primary N) is 1. The Morgan fingerprint density at radius 2 is 1.98 bits per heavy atom. The molecule has 0 amide bonds. The predicted molar refractivity (Wildman–Crippen MR) is 143 cm³/mol. The van der Waals surface area contributed by atoms with Gasteiger partial charge in [-0.3, -0.25) is 4.98 Å². The molecule has 3 atom stereocenters. The molecule has 0 aromatic carbocycles. The van der Waals surface area contributed by atoms with Crippen molar-refractivity contribution in [3.63, 3.8) is 0 Å². The molecular formula is C27H30F6N8O. The average Bonchev–Trinajstić information content (AvgIpc) is 3.47. The number of aromatic nitrogens is 4. The lowest BCUT2D eigenvalue weighted by molar-refractivity contribution is -0.137. The molecule has 6 heterocycles. The van der Waals surface area contributed by atoms with Crippen LogP contribution in [0.25, 0.3) is 22.3 Å². The van der Waals surface area contributed by atoms with E-state index in [9.17, 15) is 22.0 Å². The molecule has 3 saturated heterocycles. The van der Waals surface area contributed by atoms with E-state index in [2.05, 4.69) is 30.2 Å². The van der Waals surface area contributed by atoms with Crippen LogP contribution in [0.15, 0.2) is 12.3 Å². The Bertz CT molecular complexity index is 1520. The minimum absolute atomic E-state index is 0.0569. The van der Waals surface area contributed by atoms with Crippen LogP contribution in [0.5, 0.6) is 6.01 Å². The van der Waals surface area contributed by atoms with Gasteiger partial charge in [0.1, 0.15) is 35.1 Å². The van der Waals surface area contributed by atoms with Crippen LogP contribution >= 0.6 is 0 Å². The van der Waals surface area contributed by atoms with Crippen LogP contribution in [-0.2, 0) is 6.18 Å². The van der Waals surface area contributed by atoms with Crippen molar-refractivity contribution < 1.29 is 31.1 Å². The number of nitrogens with one attached hydrogen (secondary N) is 1. The van der Waals surface area contributed by atoms with Crippen molar-refractivity contribution in [1.29, 1.82) is 0 Å². The van der Waals surface area contributed by atoms with Gasteiger partial charge < -0.3 is 25.6 Å². The second kappa shape index (κ2) is 10.4. The summed E-state index contributed by atoms with van der Waals surface area (Å²) in [5.74, 6) is -1.29. The molecule has 3 aliphatic rings. The number of anilines is 2. The van der Waals surface area contributed by atoms with Crippen LogP contribution < -0.4 is 20.7 Å². The standard InChI is InChI=1S/C27H30F6N8O/c1-13-8-17(34)36-21(18(13)27(31,32)33)22-19(28)20-16(9-35-22)23(38-25(37-20)42-11-15-4-3-7-40(15)2)41-10-14-5-6-26(12-41,39-14)24(29)30/h8-9,14-15,24,39H,3-7,10-12H2,1-2H3,(H2,34,36). The zero-order valence-electron chi connectivity index (χ0n) is 23.0. The number of halogens is 6. The smallest absolute Gasteiger partial charge is 0.418 e. The van der Waals surface area contributed by atoms with Gasteiger partial charge in [-0.15, -0.1) is 0 Å². The fourth-order valence-corrected chi connectivity index (χ4v) is 6.40. The van der Waals surface area contributed by atoms with Gasteiger partial charge in [0.15, 0.2) is 5.82 Å². The van der Waals surface area contributed by atoms with Gasteiger partial charge in [0.05, 0.1) is 16.5 Å². The Hall–Kier alpha value is -3.46. The van der Waals surface area contributed by atoms with E-state index < -0.39 is 40.9 Å². The van der Waals surface area contributed by atoms with Gasteiger partial charge in [0, 0.05) is 31.4 Å². The number of rotatable bonds is 6. The fourth-order valence-electron chi connectivity index (χ4n) is 6.40. The number of aryl methyl sites for hydroxylation is 1. The normalized spacial score (nSPS) is 24.7. The lowest BCUT2D eigenvalue weighted by Crippen LogP contribution is -2.63. The number of ether oxygens (including phenoxy) is 1. The van der Waals surface area contributed by atoms with Crippen molar-refractivity contribution in [2.75, 3.05) is 43.9 Å². The van der Waals surface area contributed by atoms with Crippen LogP contribution in [0.2, 0.25) is 0 Å². The van der Waals surface area contributed by atoms with Gasteiger partial charge in [0.25, 0.3) is 6.43 Å². The molecule has 9 nitrogen and oxygen atoms in total. The molecule has 15 heteroatoms. The molecule has 42 heavy (non-hydrogen) atoms. The van der Waals surface area contributed by atoms with E-state index in [1.54, 1.807) is 4.90 Å². The first-order valence-electron chi connectivity index (χ1n) is 13.7. The summed E-state index contributed by atoms with van der Waals surface area (Å²) >= 11 is 0. The molecule has 3 unspecified atom stereocenters. The molecule has 3 fully saturated rings. The summed E-state index contributed by atoms with van der Waals surface area (Å²) in [4.78, 5) is 20.3. The Kier molecular flexibility index (Phi) is 7.07. The van der Waals surface area contributed by atoms with E-state index in [0.29, 0.717) is 13.0 Å². The van der Waals surface area contributed by atoms with E-state index in [1.165, 1.54) is 6.92 Å². The van der Waals surface area contributed by atoms with Crippen LogP contribution in [0.3, 0.4) is 0 Å². The number of piperazine rings is 1. The summed E-state index contributed by atoms with van der Waals surface area (Å²) in [5, 5.41) is 3.07. The minimum atomic E-state index is -4.87. The van der Waals surface area contributed by atoms with Crippen molar-refractivity contribution in [3.05, 3.63) is 29.2 Å². The van der Waals surface area contributed by atoms with Gasteiger partial charge in [-0.05, 0) is 57.8 Å². The van der Waals surface area contributed by atoms with E-state index >= 15 is 4.39 Å². The van der Waals surface area contributed by atoms with Crippen molar-refractivity contribution in [2.24, 2.45) is 0 Å². The summed E-state index contributed by atoms with van der Waals surface area (Å²) in [6.45, 7) is 2.47. The molecule has 2 bridgehead atoms. The van der Waals surface area contributed by atoms with Crippen molar-refractivity contribution >= 4 is 22.5 Å². The molecule has 226 valence electrons. The molecule has 0 saturated carbocycles. The van der Waals surface area contributed by atoms with Crippen LogP contribution in [-0.4, -0.2) is 82.2 Å². The van der Waals surface area contributed by atoms with Crippen molar-refractivity contribution in [3.8, 4) is 17.4 Å². The second-order valence-corrected chi connectivity index (χ2v) is 11.4. The number of hydrogen-bond acceptors (Lipinski definition) is 9. The highest BCUT2D eigenvalue weighted by Crippen LogP contribution is 2.42. The third kappa shape index (κ3) is 4.95. The van der Waals surface area contributed by atoms with Crippen molar-refractivity contribution in [1.82, 2.24) is 30.2 Å². The van der Waals surface area contributed by atoms with Crippen LogP contribution in [0.4, 0.5) is 38.0 Å². The Morgan fingerprint density at radius 1 is 1.19 bits per heavy atom. The third-order valence-electron chi connectivity index (χ3n) is 8.53. The van der Waals surface area contributed by atoms with Gasteiger partial charge in [-0.25, -0.2) is 18.2 Å². The summed E-state index contributed by atoms with van der Waals surface area (Å²) < 4.78 is 92.7. The van der Waals surface area contributed by atoms with E-state index in [-0.39, 0.29) is 65.8 Å². The third-order valence-corrected chi connectivity index (χ3v) is 8.53. The number of hydrogen-bond donors (Lipinski definition) is 2. The molecule has 3 N–H and O–H groups in total. The Labute approximate surface area is 237 Å². The lowest BCUT2D eigenvalue weighted by Gasteiger charge is -2.41. The first-order chi connectivity index (χ1) is 19.9. The second-order valence-electron chi connectivity index (χ2n) is 11.4. The monoisotopic (exact) mass is 596 g/mol. The maximum atomic E-state index is 16.3. The lowest BCUT2D eigenvalue weighted by atomic mass is 9.97. The highest BCUT2D eigenvalue weighted by molar-refractivity contribution is 5.92. The molecule has 0 aliphatic carbocycles. The first kappa shape index (κ1) is 28.6. The first-order valence-corrected chi connectivity index (χ1v) is 13.7. The number of fused-ring (bicyclic) bond motifs is 3. The largest absolute Gasteiger partial charge is 0.462 e. The maximum absolute atomic E-state index is 16.3. The topological polar surface area (TPSA) is 105 Å². The Morgan fingerprint density at radius 3 is 2.67 bits per heavy atom. The fraction of sp³-hybridized carbons (Fsp3) is 0.556. The highest BCUT2D eigenvalue weighted by atomic mass is 19.4. The van der Waals surface area contributed by atoms with Gasteiger partial charge in [-0.2, -0.15) is 23.1 Å². The van der Waals surface area contributed by atoms with Crippen LogP contribution in [0, 0.1) is 12.7 Å². The summed E-state index contributed by atoms with van der Waals surface area (Å²) in [6, 6.07) is 0.657. The number of likely N-dealkylation sites (N-methyl/N-ethyl adjacent to an activating group) is 1. The average molecular weight is 597 g/mol. The van der Waals surface area contributed by atoms with E-state index in [4.69, 9.17) is 10.5 Å². The highest BCUT2D eigenvalue weighted by Gasteiger charge is 2.51. The number of nitrogens with zero attached hydrogens (tertiary/aromatic N) is 6. The number of alkyl halides is 5. The molecule has 3 aromatic heterocycles. The van der Waals surface area contributed by atoms with Gasteiger partial charge >= 0.3 is 12.2 Å². The van der Waals surface area contributed by atoms with E-state index in [0.717, 1.165) is 31.6 Å². The van der Waals surface area contributed by atoms with Gasteiger partial charge in [0.2, 0.25) is 0 Å². The Balaban J connectivity index is 1.50. The summed E-state index contributed by atoms with van der Waals surface area (Å²) in [7, 11) is 1.95. The molecule has 3 aromatic rings. The number of likely N-dealkylation sites (tertiary alicyclic amines) is 1. The molecular weight excluding hydrogens is 566 g/mol. The number of pyridine rings is 2. The molecule has 6 rings (SSSR count). The summed E-state index contributed by atoms with van der Waals surface area (Å²) in [5.41, 5.74) is 1.04. The van der Waals surface area contributed by atoms with Crippen LogP contribution in [0.1, 0.15) is 36.8 Å². The SMILES string of the molecule is Cc1cc(N)nc(-c2ncc3c(N4CC5CCC(C(F)F)(C4)N5)nc(OCC4CCCN4C)nc3c2F)c1C(F)(F)F.